The second-order valence-corrected chi connectivity index (χ2v) is 3.31. The van der Waals surface area contributed by atoms with Crippen molar-refractivity contribution in [3.63, 3.8) is 0 Å². The molecule has 0 atom stereocenters. The highest BCUT2D eigenvalue weighted by Crippen LogP contribution is 2.22. The Labute approximate surface area is 86.8 Å². The molecule has 0 bridgehead atoms. The summed E-state index contributed by atoms with van der Waals surface area (Å²) in [5.41, 5.74) is 1.78. The molecule has 1 aromatic carbocycles. The van der Waals surface area contributed by atoms with Gasteiger partial charge in [0.2, 0.25) is 0 Å². The van der Waals surface area contributed by atoms with Gasteiger partial charge in [0, 0.05) is 18.8 Å². The summed E-state index contributed by atoms with van der Waals surface area (Å²) in [7, 11) is 1.76. The number of hydrogen-bond acceptors (Lipinski definition) is 2. The van der Waals surface area contributed by atoms with Crippen molar-refractivity contribution in [1.82, 2.24) is 9.78 Å². The first kappa shape index (κ1) is 9.86. The number of halogens is 1. The minimum atomic E-state index is -0.342. The molecule has 0 aliphatic carbocycles. The van der Waals surface area contributed by atoms with Gasteiger partial charge in [0.05, 0.1) is 12.3 Å². The van der Waals surface area contributed by atoms with E-state index < -0.39 is 0 Å². The summed E-state index contributed by atoms with van der Waals surface area (Å²) in [6, 6.07) is 6.43. The summed E-state index contributed by atoms with van der Waals surface area (Å²) in [6.45, 7) is -0.150. The molecule has 15 heavy (non-hydrogen) atoms. The molecule has 2 aromatic rings. The van der Waals surface area contributed by atoms with Crippen molar-refractivity contribution in [2.45, 2.75) is 6.61 Å². The Morgan fingerprint density at radius 2 is 2.20 bits per heavy atom. The van der Waals surface area contributed by atoms with Crippen molar-refractivity contribution in [3.8, 4) is 11.3 Å². The average molecular weight is 206 g/mol. The molecule has 0 unspecified atom stereocenters. The van der Waals surface area contributed by atoms with Crippen molar-refractivity contribution in [2.24, 2.45) is 7.05 Å². The van der Waals surface area contributed by atoms with Crippen LogP contribution in [0.1, 0.15) is 5.56 Å². The van der Waals surface area contributed by atoms with E-state index in [-0.39, 0.29) is 12.4 Å². The molecule has 0 spiro atoms. The zero-order valence-electron chi connectivity index (χ0n) is 8.31. The van der Waals surface area contributed by atoms with Gasteiger partial charge >= 0.3 is 0 Å². The summed E-state index contributed by atoms with van der Waals surface area (Å²) in [5, 5.41) is 12.8. The maximum atomic E-state index is 13.6. The molecule has 2 rings (SSSR count). The molecule has 0 amide bonds. The zero-order valence-corrected chi connectivity index (χ0v) is 8.31. The normalized spacial score (nSPS) is 10.6. The van der Waals surface area contributed by atoms with E-state index in [9.17, 15) is 4.39 Å². The van der Waals surface area contributed by atoms with Crippen molar-refractivity contribution in [1.29, 1.82) is 0 Å². The number of aromatic nitrogens is 2. The highest BCUT2D eigenvalue weighted by atomic mass is 19.1. The quantitative estimate of drug-likeness (QED) is 0.812. The van der Waals surface area contributed by atoms with Gasteiger partial charge in [0.1, 0.15) is 5.82 Å². The Morgan fingerprint density at radius 1 is 1.40 bits per heavy atom. The molecule has 1 heterocycles. The standard InChI is InChI=1S/C11H11FN2O/c1-14-11(4-5-13-14)9-3-2-8(7-15)6-10(9)12/h2-6,15H,7H2,1H3. The molecule has 0 saturated carbocycles. The van der Waals surface area contributed by atoms with Gasteiger partial charge in [0.25, 0.3) is 0 Å². The fraction of sp³-hybridized carbons (Fsp3) is 0.182. The largest absolute Gasteiger partial charge is 0.392 e. The summed E-state index contributed by atoms with van der Waals surface area (Å²) in [4.78, 5) is 0. The lowest BCUT2D eigenvalue weighted by molar-refractivity contribution is 0.281. The SMILES string of the molecule is Cn1nccc1-c1ccc(CO)cc1F. The molecule has 0 aliphatic heterocycles. The third kappa shape index (κ3) is 1.76. The molecule has 1 N–H and O–H groups in total. The van der Waals surface area contributed by atoms with Crippen LogP contribution in [0.2, 0.25) is 0 Å². The predicted molar refractivity (Wildman–Crippen MR) is 54.5 cm³/mol. The van der Waals surface area contributed by atoms with E-state index in [1.165, 1.54) is 6.07 Å². The topological polar surface area (TPSA) is 38.0 Å². The van der Waals surface area contributed by atoms with Gasteiger partial charge in [-0.05, 0) is 23.8 Å². The maximum Gasteiger partial charge on any atom is 0.132 e. The van der Waals surface area contributed by atoms with E-state index in [0.29, 0.717) is 11.1 Å². The van der Waals surface area contributed by atoms with Crippen molar-refractivity contribution >= 4 is 0 Å². The minimum Gasteiger partial charge on any atom is -0.392 e. The molecule has 78 valence electrons. The number of nitrogens with zero attached hydrogens (tertiary/aromatic N) is 2. The fourth-order valence-corrected chi connectivity index (χ4v) is 1.50. The van der Waals surface area contributed by atoms with Crippen molar-refractivity contribution in [3.05, 3.63) is 41.8 Å². The molecule has 0 saturated heterocycles. The van der Waals surface area contributed by atoms with Gasteiger partial charge in [-0.15, -0.1) is 0 Å². The van der Waals surface area contributed by atoms with Crippen LogP contribution in [0.25, 0.3) is 11.3 Å². The molecule has 1 aromatic heterocycles. The number of rotatable bonds is 2. The third-order valence-corrected chi connectivity index (χ3v) is 2.31. The number of aliphatic hydroxyl groups excluding tert-OH is 1. The lowest BCUT2D eigenvalue weighted by Crippen LogP contribution is -1.96. The van der Waals surface area contributed by atoms with Crippen molar-refractivity contribution < 1.29 is 9.50 Å². The molecule has 0 fully saturated rings. The highest BCUT2D eigenvalue weighted by Gasteiger charge is 2.08. The van der Waals surface area contributed by atoms with Crippen LogP contribution in [0.5, 0.6) is 0 Å². The van der Waals surface area contributed by atoms with Crippen LogP contribution in [-0.4, -0.2) is 14.9 Å². The average Bonchev–Trinajstić information content (AvgIpc) is 2.64. The van der Waals surface area contributed by atoms with E-state index >= 15 is 0 Å². The minimum absolute atomic E-state index is 0.150. The summed E-state index contributed by atoms with van der Waals surface area (Å²) >= 11 is 0. The maximum absolute atomic E-state index is 13.6. The highest BCUT2D eigenvalue weighted by molar-refractivity contribution is 5.60. The monoisotopic (exact) mass is 206 g/mol. The predicted octanol–water partition coefficient (Wildman–Crippen LogP) is 1.72. The summed E-state index contributed by atoms with van der Waals surface area (Å²) < 4.78 is 15.2. The molecule has 0 aliphatic rings. The smallest absolute Gasteiger partial charge is 0.132 e. The van der Waals surface area contributed by atoms with Crippen LogP contribution < -0.4 is 0 Å². The van der Waals surface area contributed by atoms with Crippen LogP contribution in [0.3, 0.4) is 0 Å². The molecular formula is C11H11FN2O. The first-order chi connectivity index (χ1) is 7.22. The van der Waals surface area contributed by atoms with E-state index in [2.05, 4.69) is 5.10 Å². The van der Waals surface area contributed by atoms with Gasteiger partial charge in [-0.2, -0.15) is 5.10 Å². The van der Waals surface area contributed by atoms with Crippen molar-refractivity contribution in [2.75, 3.05) is 0 Å². The van der Waals surface area contributed by atoms with E-state index in [4.69, 9.17) is 5.11 Å². The Hall–Kier alpha value is -1.68. The van der Waals surface area contributed by atoms with Crippen LogP contribution in [0.15, 0.2) is 30.5 Å². The molecular weight excluding hydrogens is 195 g/mol. The van der Waals surface area contributed by atoms with Crippen LogP contribution >= 0.6 is 0 Å². The van der Waals surface area contributed by atoms with Gasteiger partial charge in [-0.3, -0.25) is 4.68 Å². The zero-order chi connectivity index (χ0) is 10.8. The number of hydrogen-bond donors (Lipinski definition) is 1. The van der Waals surface area contributed by atoms with Gasteiger partial charge in [-0.1, -0.05) is 6.07 Å². The Kier molecular flexibility index (Phi) is 2.51. The molecule has 3 nitrogen and oxygen atoms in total. The summed E-state index contributed by atoms with van der Waals surface area (Å²) in [6.07, 6.45) is 1.62. The number of aryl methyl sites for hydroxylation is 1. The van der Waals surface area contributed by atoms with Crippen LogP contribution in [0.4, 0.5) is 4.39 Å². The Balaban J connectivity index is 2.50. The number of benzene rings is 1. The number of aliphatic hydroxyl groups is 1. The summed E-state index contributed by atoms with van der Waals surface area (Å²) in [5.74, 6) is -0.342. The Morgan fingerprint density at radius 3 is 2.73 bits per heavy atom. The molecule has 0 radical (unpaired) electrons. The lowest BCUT2D eigenvalue weighted by atomic mass is 10.1. The first-order valence-electron chi connectivity index (χ1n) is 4.60. The fourth-order valence-electron chi connectivity index (χ4n) is 1.50. The van der Waals surface area contributed by atoms with E-state index in [1.807, 2.05) is 0 Å². The second-order valence-electron chi connectivity index (χ2n) is 3.31. The van der Waals surface area contributed by atoms with Gasteiger partial charge < -0.3 is 5.11 Å². The van der Waals surface area contributed by atoms with Gasteiger partial charge in [0.15, 0.2) is 0 Å². The lowest BCUT2D eigenvalue weighted by Gasteiger charge is -2.05. The first-order valence-corrected chi connectivity index (χ1v) is 4.60. The van der Waals surface area contributed by atoms with E-state index in [1.54, 1.807) is 36.1 Å². The van der Waals surface area contributed by atoms with Gasteiger partial charge in [-0.25, -0.2) is 4.39 Å². The van der Waals surface area contributed by atoms with Crippen LogP contribution in [-0.2, 0) is 13.7 Å². The van der Waals surface area contributed by atoms with E-state index in [0.717, 1.165) is 5.69 Å². The molecule has 4 heteroatoms. The third-order valence-electron chi connectivity index (χ3n) is 2.31. The second kappa shape index (κ2) is 3.82. The van der Waals surface area contributed by atoms with Crippen LogP contribution in [0, 0.1) is 5.82 Å². The Bertz CT molecular complexity index is 479.